The molecular formula is C17H15N3OS. The van der Waals surface area contributed by atoms with E-state index in [0.29, 0.717) is 15.7 Å². The fraction of sp³-hybridized carbons (Fsp3) is 0.0588. The number of amides is 1. The monoisotopic (exact) mass is 309 g/mol. The van der Waals surface area contributed by atoms with Crippen molar-refractivity contribution >= 4 is 28.1 Å². The summed E-state index contributed by atoms with van der Waals surface area (Å²) in [6.07, 6.45) is 0. The van der Waals surface area contributed by atoms with Gasteiger partial charge in [0.15, 0.2) is 5.13 Å². The smallest absolute Gasteiger partial charge is 0.268 e. The zero-order chi connectivity index (χ0) is 15.5. The molecule has 0 aliphatic heterocycles. The van der Waals surface area contributed by atoms with Crippen molar-refractivity contribution in [3.63, 3.8) is 0 Å². The van der Waals surface area contributed by atoms with Crippen LogP contribution in [0.25, 0.3) is 11.3 Å². The van der Waals surface area contributed by atoms with Crippen molar-refractivity contribution in [2.45, 2.75) is 6.92 Å². The SMILES string of the molecule is Cc1ccc(NC(=O)c2sc(N)nc2-c2ccccc2)cc1. The molecule has 0 saturated carbocycles. The number of hydrogen-bond acceptors (Lipinski definition) is 4. The average molecular weight is 309 g/mol. The molecule has 1 heterocycles. The standard InChI is InChI=1S/C17H15N3OS/c1-11-7-9-13(10-8-11)19-16(21)15-14(20-17(18)22-15)12-5-3-2-4-6-12/h2-10H,1H3,(H2,18,20)(H,19,21). The van der Waals surface area contributed by atoms with Gasteiger partial charge in [-0.05, 0) is 19.1 Å². The summed E-state index contributed by atoms with van der Waals surface area (Å²) >= 11 is 1.19. The Morgan fingerprint density at radius 1 is 1.09 bits per heavy atom. The first kappa shape index (κ1) is 14.3. The van der Waals surface area contributed by atoms with Gasteiger partial charge in [-0.2, -0.15) is 0 Å². The summed E-state index contributed by atoms with van der Waals surface area (Å²) in [5.41, 5.74) is 9.19. The number of aryl methyl sites for hydroxylation is 1. The average Bonchev–Trinajstić information content (AvgIpc) is 2.92. The summed E-state index contributed by atoms with van der Waals surface area (Å²) in [7, 11) is 0. The highest BCUT2D eigenvalue weighted by Gasteiger charge is 2.18. The number of carbonyl (C=O) groups is 1. The van der Waals surface area contributed by atoms with Crippen molar-refractivity contribution in [1.82, 2.24) is 4.98 Å². The summed E-state index contributed by atoms with van der Waals surface area (Å²) in [5, 5.41) is 3.27. The van der Waals surface area contributed by atoms with E-state index in [0.717, 1.165) is 16.8 Å². The Kier molecular flexibility index (Phi) is 3.89. The van der Waals surface area contributed by atoms with Crippen LogP contribution in [0.4, 0.5) is 10.8 Å². The van der Waals surface area contributed by atoms with E-state index in [1.54, 1.807) is 0 Å². The highest BCUT2D eigenvalue weighted by molar-refractivity contribution is 7.17. The molecule has 22 heavy (non-hydrogen) atoms. The van der Waals surface area contributed by atoms with Gasteiger partial charge in [-0.1, -0.05) is 59.4 Å². The Bertz CT molecular complexity index is 795. The van der Waals surface area contributed by atoms with E-state index in [1.165, 1.54) is 11.3 Å². The second kappa shape index (κ2) is 5.99. The van der Waals surface area contributed by atoms with Crippen LogP contribution < -0.4 is 11.1 Å². The Balaban J connectivity index is 1.91. The number of nitrogens with one attached hydrogen (secondary N) is 1. The van der Waals surface area contributed by atoms with Crippen molar-refractivity contribution in [3.05, 3.63) is 65.0 Å². The number of nitrogens with two attached hydrogens (primary N) is 1. The Labute approximate surface area is 132 Å². The molecular weight excluding hydrogens is 294 g/mol. The maximum atomic E-state index is 12.5. The molecule has 1 amide bonds. The molecule has 1 aromatic heterocycles. The van der Waals surface area contributed by atoms with Crippen LogP contribution in [0, 0.1) is 6.92 Å². The minimum atomic E-state index is -0.197. The van der Waals surface area contributed by atoms with Crippen LogP contribution in [0.3, 0.4) is 0 Å². The molecule has 0 aliphatic rings. The molecule has 0 spiro atoms. The van der Waals surface area contributed by atoms with E-state index in [9.17, 15) is 4.79 Å². The molecule has 2 aromatic carbocycles. The van der Waals surface area contributed by atoms with Crippen molar-refractivity contribution < 1.29 is 4.79 Å². The Hall–Kier alpha value is -2.66. The summed E-state index contributed by atoms with van der Waals surface area (Å²) in [6, 6.07) is 17.2. The van der Waals surface area contributed by atoms with E-state index in [1.807, 2.05) is 61.5 Å². The fourth-order valence-electron chi connectivity index (χ4n) is 2.11. The number of anilines is 2. The van der Waals surface area contributed by atoms with E-state index in [4.69, 9.17) is 5.73 Å². The number of thiazole rings is 1. The van der Waals surface area contributed by atoms with Gasteiger partial charge in [-0.3, -0.25) is 4.79 Å². The van der Waals surface area contributed by atoms with Crippen LogP contribution in [0.1, 0.15) is 15.2 Å². The molecule has 5 heteroatoms. The highest BCUT2D eigenvalue weighted by Crippen LogP contribution is 2.30. The summed E-state index contributed by atoms with van der Waals surface area (Å²) < 4.78 is 0. The van der Waals surface area contributed by atoms with E-state index >= 15 is 0 Å². The maximum Gasteiger partial charge on any atom is 0.268 e. The molecule has 110 valence electrons. The zero-order valence-corrected chi connectivity index (χ0v) is 12.9. The predicted octanol–water partition coefficient (Wildman–Crippen LogP) is 3.95. The quantitative estimate of drug-likeness (QED) is 0.769. The molecule has 0 atom stereocenters. The van der Waals surface area contributed by atoms with E-state index in [2.05, 4.69) is 10.3 Å². The summed E-state index contributed by atoms with van der Waals surface area (Å²) in [4.78, 5) is 17.3. The number of benzene rings is 2. The Morgan fingerprint density at radius 3 is 2.45 bits per heavy atom. The number of aromatic nitrogens is 1. The second-order valence-electron chi connectivity index (χ2n) is 4.92. The number of hydrogen-bond donors (Lipinski definition) is 2. The molecule has 0 unspecified atom stereocenters. The molecule has 0 aliphatic carbocycles. The lowest BCUT2D eigenvalue weighted by atomic mass is 10.1. The van der Waals surface area contributed by atoms with Gasteiger partial charge in [-0.15, -0.1) is 0 Å². The first-order valence-electron chi connectivity index (χ1n) is 6.83. The summed E-state index contributed by atoms with van der Waals surface area (Å²) in [6.45, 7) is 2.00. The highest BCUT2D eigenvalue weighted by atomic mass is 32.1. The largest absolute Gasteiger partial charge is 0.375 e. The van der Waals surface area contributed by atoms with Gasteiger partial charge >= 0.3 is 0 Å². The minimum absolute atomic E-state index is 0.197. The Morgan fingerprint density at radius 2 is 1.77 bits per heavy atom. The predicted molar refractivity (Wildman–Crippen MR) is 91.1 cm³/mol. The van der Waals surface area contributed by atoms with Gasteiger partial charge in [0, 0.05) is 11.3 Å². The van der Waals surface area contributed by atoms with Crippen molar-refractivity contribution in [3.8, 4) is 11.3 Å². The van der Waals surface area contributed by atoms with Crippen molar-refractivity contribution in [1.29, 1.82) is 0 Å². The fourth-order valence-corrected chi connectivity index (χ4v) is 2.86. The number of carbonyl (C=O) groups excluding carboxylic acids is 1. The normalized spacial score (nSPS) is 10.4. The number of nitrogens with zero attached hydrogens (tertiary/aromatic N) is 1. The topological polar surface area (TPSA) is 68.0 Å². The lowest BCUT2D eigenvalue weighted by Crippen LogP contribution is -2.11. The van der Waals surface area contributed by atoms with Crippen LogP contribution in [0.15, 0.2) is 54.6 Å². The molecule has 0 radical (unpaired) electrons. The molecule has 0 saturated heterocycles. The molecule has 3 N–H and O–H groups in total. The zero-order valence-electron chi connectivity index (χ0n) is 12.0. The van der Waals surface area contributed by atoms with Crippen molar-refractivity contribution in [2.75, 3.05) is 11.1 Å². The molecule has 3 aromatic rings. The lowest BCUT2D eigenvalue weighted by molar-refractivity contribution is 0.103. The van der Waals surface area contributed by atoms with Gasteiger partial charge in [0.25, 0.3) is 5.91 Å². The number of nitrogen functional groups attached to an aromatic ring is 1. The van der Waals surface area contributed by atoms with Gasteiger partial charge < -0.3 is 11.1 Å². The van der Waals surface area contributed by atoms with Crippen LogP contribution in [0.2, 0.25) is 0 Å². The molecule has 4 nitrogen and oxygen atoms in total. The van der Waals surface area contributed by atoms with Crippen LogP contribution in [-0.4, -0.2) is 10.9 Å². The first-order chi connectivity index (χ1) is 10.6. The minimum Gasteiger partial charge on any atom is -0.375 e. The molecule has 3 rings (SSSR count). The lowest BCUT2D eigenvalue weighted by Gasteiger charge is -2.05. The summed E-state index contributed by atoms with van der Waals surface area (Å²) in [5.74, 6) is -0.197. The van der Waals surface area contributed by atoms with Gasteiger partial charge in [0.2, 0.25) is 0 Å². The first-order valence-corrected chi connectivity index (χ1v) is 7.65. The van der Waals surface area contributed by atoms with Gasteiger partial charge in [0.05, 0.1) is 5.69 Å². The maximum absolute atomic E-state index is 12.5. The van der Waals surface area contributed by atoms with Crippen molar-refractivity contribution in [2.24, 2.45) is 0 Å². The third-order valence-corrected chi connectivity index (χ3v) is 4.09. The number of rotatable bonds is 3. The van der Waals surface area contributed by atoms with Crippen LogP contribution in [-0.2, 0) is 0 Å². The second-order valence-corrected chi connectivity index (χ2v) is 5.95. The van der Waals surface area contributed by atoms with Gasteiger partial charge in [0.1, 0.15) is 4.88 Å². The van der Waals surface area contributed by atoms with Gasteiger partial charge in [-0.25, -0.2) is 4.98 Å². The van der Waals surface area contributed by atoms with E-state index < -0.39 is 0 Å². The van der Waals surface area contributed by atoms with Crippen LogP contribution in [0.5, 0.6) is 0 Å². The van der Waals surface area contributed by atoms with Crippen LogP contribution >= 0.6 is 11.3 Å². The van der Waals surface area contributed by atoms with E-state index in [-0.39, 0.29) is 5.91 Å². The third-order valence-electron chi connectivity index (χ3n) is 3.21. The molecule has 0 fully saturated rings. The molecule has 0 bridgehead atoms. The third kappa shape index (κ3) is 2.99.